The van der Waals surface area contributed by atoms with Crippen LogP contribution in [0.4, 0.5) is 0 Å². The molecule has 0 saturated carbocycles. The standard InChI is InChI=1S/C17H24N2O5/c1-4-24-14-8-6-5-7-12(14)16(21)18-10-15(20)19-13(17(22)23)9-11(2)3/h5-8,11,13H,4,9-10H2,1-3H3,(H,18,21)(H,19,20)(H,22,23). The summed E-state index contributed by atoms with van der Waals surface area (Å²) in [7, 11) is 0. The van der Waals surface area contributed by atoms with E-state index in [0.717, 1.165) is 0 Å². The van der Waals surface area contributed by atoms with E-state index in [4.69, 9.17) is 9.84 Å². The van der Waals surface area contributed by atoms with E-state index in [1.165, 1.54) is 0 Å². The predicted molar refractivity (Wildman–Crippen MR) is 89.0 cm³/mol. The van der Waals surface area contributed by atoms with Gasteiger partial charge in [0.15, 0.2) is 0 Å². The van der Waals surface area contributed by atoms with Gasteiger partial charge in [0.25, 0.3) is 5.91 Å². The summed E-state index contributed by atoms with van der Waals surface area (Å²) in [5.74, 6) is -1.54. The quantitative estimate of drug-likeness (QED) is 0.633. The van der Waals surface area contributed by atoms with Gasteiger partial charge in [-0.25, -0.2) is 4.79 Å². The van der Waals surface area contributed by atoms with E-state index in [0.29, 0.717) is 24.3 Å². The molecule has 0 saturated heterocycles. The lowest BCUT2D eigenvalue weighted by Crippen LogP contribution is -2.46. The highest BCUT2D eigenvalue weighted by Crippen LogP contribution is 2.17. The molecule has 1 atom stereocenters. The van der Waals surface area contributed by atoms with Crippen molar-refractivity contribution in [1.82, 2.24) is 10.6 Å². The van der Waals surface area contributed by atoms with Gasteiger partial charge in [-0.3, -0.25) is 9.59 Å². The molecule has 0 bridgehead atoms. The van der Waals surface area contributed by atoms with Gasteiger partial charge < -0.3 is 20.5 Å². The van der Waals surface area contributed by atoms with Crippen molar-refractivity contribution >= 4 is 17.8 Å². The van der Waals surface area contributed by atoms with E-state index in [2.05, 4.69) is 10.6 Å². The largest absolute Gasteiger partial charge is 0.493 e. The lowest BCUT2D eigenvalue weighted by Gasteiger charge is -2.17. The fourth-order valence-corrected chi connectivity index (χ4v) is 2.13. The highest BCUT2D eigenvalue weighted by molar-refractivity contribution is 5.99. The molecule has 2 amide bonds. The molecule has 0 aliphatic heterocycles. The number of nitrogens with one attached hydrogen (secondary N) is 2. The predicted octanol–water partition coefficient (Wildman–Crippen LogP) is 1.43. The first-order chi connectivity index (χ1) is 11.3. The minimum Gasteiger partial charge on any atom is -0.493 e. The molecule has 1 unspecified atom stereocenters. The van der Waals surface area contributed by atoms with Crippen LogP contribution in [0.15, 0.2) is 24.3 Å². The smallest absolute Gasteiger partial charge is 0.326 e. The molecule has 0 heterocycles. The number of ether oxygens (including phenoxy) is 1. The number of carbonyl (C=O) groups is 3. The number of carboxylic acids is 1. The van der Waals surface area contributed by atoms with Gasteiger partial charge in [0, 0.05) is 0 Å². The number of amides is 2. The lowest BCUT2D eigenvalue weighted by atomic mass is 10.0. The molecule has 0 aliphatic carbocycles. The Bertz CT molecular complexity index is 586. The topological polar surface area (TPSA) is 105 Å². The van der Waals surface area contributed by atoms with Crippen molar-refractivity contribution in [1.29, 1.82) is 0 Å². The second kappa shape index (κ2) is 9.54. The Morgan fingerprint density at radius 3 is 2.46 bits per heavy atom. The highest BCUT2D eigenvalue weighted by atomic mass is 16.5. The first-order valence-electron chi connectivity index (χ1n) is 7.87. The van der Waals surface area contributed by atoms with Crippen LogP contribution in [0.25, 0.3) is 0 Å². The van der Waals surface area contributed by atoms with Crippen molar-refractivity contribution in [2.75, 3.05) is 13.2 Å². The summed E-state index contributed by atoms with van der Waals surface area (Å²) in [6.45, 7) is 5.66. The molecule has 1 aromatic rings. The number of carboxylic acid groups (broad SMARTS) is 1. The van der Waals surface area contributed by atoms with Gasteiger partial charge in [0.2, 0.25) is 5.91 Å². The number of para-hydroxylation sites is 1. The van der Waals surface area contributed by atoms with Crippen molar-refractivity contribution in [3.63, 3.8) is 0 Å². The Morgan fingerprint density at radius 2 is 1.88 bits per heavy atom. The van der Waals surface area contributed by atoms with Crippen molar-refractivity contribution < 1.29 is 24.2 Å². The molecule has 1 aromatic carbocycles. The Balaban J connectivity index is 2.60. The van der Waals surface area contributed by atoms with Gasteiger partial charge >= 0.3 is 5.97 Å². The fourth-order valence-electron chi connectivity index (χ4n) is 2.13. The van der Waals surface area contributed by atoms with Crippen molar-refractivity contribution in [3.8, 4) is 5.75 Å². The van der Waals surface area contributed by atoms with Gasteiger partial charge in [-0.1, -0.05) is 26.0 Å². The lowest BCUT2D eigenvalue weighted by molar-refractivity contribution is -0.142. The maximum absolute atomic E-state index is 12.2. The molecule has 132 valence electrons. The zero-order chi connectivity index (χ0) is 18.1. The molecule has 7 heteroatoms. The molecule has 0 aromatic heterocycles. The monoisotopic (exact) mass is 336 g/mol. The van der Waals surface area contributed by atoms with Crippen LogP contribution in [-0.4, -0.2) is 42.1 Å². The van der Waals surface area contributed by atoms with Crippen LogP contribution < -0.4 is 15.4 Å². The highest BCUT2D eigenvalue weighted by Gasteiger charge is 2.21. The second-order valence-corrected chi connectivity index (χ2v) is 5.70. The number of hydrogen-bond acceptors (Lipinski definition) is 4. The number of hydrogen-bond donors (Lipinski definition) is 3. The summed E-state index contributed by atoms with van der Waals surface area (Å²) in [6, 6.07) is 5.74. The molecule has 0 radical (unpaired) electrons. The minimum absolute atomic E-state index is 0.124. The Morgan fingerprint density at radius 1 is 1.21 bits per heavy atom. The normalized spacial score (nSPS) is 11.7. The molecule has 0 aliphatic rings. The average molecular weight is 336 g/mol. The van der Waals surface area contributed by atoms with E-state index < -0.39 is 23.8 Å². The van der Waals surface area contributed by atoms with Crippen LogP contribution in [0.2, 0.25) is 0 Å². The van der Waals surface area contributed by atoms with Crippen LogP contribution in [0.5, 0.6) is 5.75 Å². The third-order valence-electron chi connectivity index (χ3n) is 3.18. The van der Waals surface area contributed by atoms with E-state index in [1.807, 2.05) is 20.8 Å². The summed E-state index contributed by atoms with van der Waals surface area (Å²) in [4.78, 5) is 35.1. The van der Waals surface area contributed by atoms with Crippen LogP contribution in [0.3, 0.4) is 0 Å². The second-order valence-electron chi connectivity index (χ2n) is 5.70. The van der Waals surface area contributed by atoms with Gasteiger partial charge in [0.05, 0.1) is 18.7 Å². The summed E-state index contributed by atoms with van der Waals surface area (Å²) < 4.78 is 5.37. The number of rotatable bonds is 9. The first kappa shape index (κ1) is 19.5. The maximum atomic E-state index is 12.2. The minimum atomic E-state index is -1.09. The van der Waals surface area contributed by atoms with Crippen LogP contribution in [0, 0.1) is 5.92 Å². The van der Waals surface area contributed by atoms with Crippen molar-refractivity contribution in [2.45, 2.75) is 33.2 Å². The molecule has 1 rings (SSSR count). The van der Waals surface area contributed by atoms with Gasteiger partial charge in [-0.2, -0.15) is 0 Å². The molecule has 0 fully saturated rings. The third kappa shape index (κ3) is 6.28. The number of benzene rings is 1. The Hall–Kier alpha value is -2.57. The van der Waals surface area contributed by atoms with Crippen LogP contribution >= 0.6 is 0 Å². The number of carbonyl (C=O) groups excluding carboxylic acids is 2. The Kier molecular flexibility index (Phi) is 7.74. The zero-order valence-electron chi connectivity index (χ0n) is 14.2. The molecule has 7 nitrogen and oxygen atoms in total. The molecular weight excluding hydrogens is 312 g/mol. The SMILES string of the molecule is CCOc1ccccc1C(=O)NCC(=O)NC(CC(C)C)C(=O)O. The summed E-state index contributed by atoms with van der Waals surface area (Å²) in [5, 5.41) is 14.0. The van der Waals surface area contributed by atoms with E-state index in [1.54, 1.807) is 24.3 Å². The number of aliphatic carboxylic acids is 1. The van der Waals surface area contributed by atoms with Gasteiger partial charge in [0.1, 0.15) is 11.8 Å². The van der Waals surface area contributed by atoms with Gasteiger partial charge in [-0.15, -0.1) is 0 Å². The Labute approximate surface area is 141 Å². The van der Waals surface area contributed by atoms with Crippen molar-refractivity contribution in [2.24, 2.45) is 5.92 Å². The van der Waals surface area contributed by atoms with Crippen LogP contribution in [0.1, 0.15) is 37.6 Å². The van der Waals surface area contributed by atoms with E-state index >= 15 is 0 Å². The van der Waals surface area contributed by atoms with Gasteiger partial charge in [-0.05, 0) is 31.4 Å². The summed E-state index contributed by atoms with van der Waals surface area (Å²) in [6.07, 6.45) is 0.322. The van der Waals surface area contributed by atoms with Crippen molar-refractivity contribution in [3.05, 3.63) is 29.8 Å². The summed E-state index contributed by atoms with van der Waals surface area (Å²) >= 11 is 0. The van der Waals surface area contributed by atoms with Crippen LogP contribution in [-0.2, 0) is 9.59 Å². The molecule has 0 spiro atoms. The fraction of sp³-hybridized carbons (Fsp3) is 0.471. The van der Waals surface area contributed by atoms with E-state index in [-0.39, 0.29) is 12.5 Å². The zero-order valence-corrected chi connectivity index (χ0v) is 14.2. The third-order valence-corrected chi connectivity index (χ3v) is 3.18. The molecule has 3 N–H and O–H groups in total. The average Bonchev–Trinajstić information content (AvgIpc) is 2.52. The van der Waals surface area contributed by atoms with E-state index in [9.17, 15) is 14.4 Å². The summed E-state index contributed by atoms with van der Waals surface area (Å²) in [5.41, 5.74) is 0.323. The first-order valence-corrected chi connectivity index (χ1v) is 7.87. The molecular formula is C17H24N2O5. The molecule has 24 heavy (non-hydrogen) atoms. The maximum Gasteiger partial charge on any atom is 0.326 e.